The van der Waals surface area contributed by atoms with Crippen LogP contribution in [0, 0.1) is 5.92 Å². The van der Waals surface area contributed by atoms with E-state index in [2.05, 4.69) is 13.8 Å². The normalized spacial score (nSPS) is 14.4. The molecule has 1 aromatic carbocycles. The fourth-order valence-electron chi connectivity index (χ4n) is 1.50. The van der Waals surface area contributed by atoms with Crippen molar-refractivity contribution < 1.29 is 13.2 Å². The van der Waals surface area contributed by atoms with Gasteiger partial charge in [0, 0.05) is 6.04 Å². The predicted molar refractivity (Wildman–Crippen MR) is 67.0 cm³/mol. The van der Waals surface area contributed by atoms with E-state index in [4.69, 9.17) is 5.73 Å². The van der Waals surface area contributed by atoms with E-state index >= 15 is 0 Å². The average molecular weight is 257 g/mol. The summed E-state index contributed by atoms with van der Waals surface area (Å²) in [5.74, 6) is 0.543. The Morgan fingerprint density at radius 1 is 1.17 bits per heavy atom. The second-order valence-corrected chi connectivity index (χ2v) is 4.70. The number of alkyl halides is 3. The standard InChI is InChI=1S/C14H18F3N/c1-10(2)4-3-5-13(18)11-6-8-12(9-7-11)14(15,16)17/h3,5-10,13H,4,18H2,1-2H3/b5-3+. The van der Waals surface area contributed by atoms with Crippen molar-refractivity contribution in [1.82, 2.24) is 0 Å². The quantitative estimate of drug-likeness (QED) is 0.799. The van der Waals surface area contributed by atoms with Crippen LogP contribution in [0.5, 0.6) is 0 Å². The number of rotatable bonds is 4. The Balaban J connectivity index is 2.70. The van der Waals surface area contributed by atoms with E-state index in [9.17, 15) is 13.2 Å². The van der Waals surface area contributed by atoms with Crippen LogP contribution in [0.2, 0.25) is 0 Å². The average Bonchev–Trinajstić information content (AvgIpc) is 2.27. The van der Waals surface area contributed by atoms with Gasteiger partial charge < -0.3 is 5.73 Å². The molecule has 1 atom stereocenters. The molecule has 0 saturated carbocycles. The molecule has 1 aromatic rings. The van der Waals surface area contributed by atoms with Gasteiger partial charge in [0.15, 0.2) is 0 Å². The van der Waals surface area contributed by atoms with Gasteiger partial charge in [0.2, 0.25) is 0 Å². The lowest BCUT2D eigenvalue weighted by atomic mass is 10.0. The van der Waals surface area contributed by atoms with E-state index in [0.29, 0.717) is 11.5 Å². The molecule has 0 amide bonds. The Morgan fingerprint density at radius 3 is 2.17 bits per heavy atom. The fourth-order valence-corrected chi connectivity index (χ4v) is 1.50. The molecule has 4 heteroatoms. The zero-order chi connectivity index (χ0) is 13.8. The lowest BCUT2D eigenvalue weighted by molar-refractivity contribution is -0.137. The molecule has 0 fully saturated rings. The van der Waals surface area contributed by atoms with Crippen LogP contribution in [-0.2, 0) is 6.18 Å². The maximum atomic E-state index is 12.4. The van der Waals surface area contributed by atoms with Crippen molar-refractivity contribution in [2.45, 2.75) is 32.5 Å². The smallest absolute Gasteiger partial charge is 0.321 e. The van der Waals surface area contributed by atoms with Crippen LogP contribution in [0.4, 0.5) is 13.2 Å². The first-order chi connectivity index (χ1) is 8.30. The maximum Gasteiger partial charge on any atom is 0.416 e. The number of allylic oxidation sites excluding steroid dienone is 1. The second-order valence-electron chi connectivity index (χ2n) is 4.70. The van der Waals surface area contributed by atoms with Gasteiger partial charge >= 0.3 is 6.18 Å². The molecule has 18 heavy (non-hydrogen) atoms. The molecule has 1 nitrogen and oxygen atoms in total. The van der Waals surface area contributed by atoms with Gasteiger partial charge in [-0.15, -0.1) is 0 Å². The highest BCUT2D eigenvalue weighted by molar-refractivity contribution is 5.28. The monoisotopic (exact) mass is 257 g/mol. The molecule has 0 aliphatic rings. The van der Waals surface area contributed by atoms with Crippen molar-refractivity contribution in [3.63, 3.8) is 0 Å². The highest BCUT2D eigenvalue weighted by atomic mass is 19.4. The Morgan fingerprint density at radius 2 is 1.72 bits per heavy atom. The van der Waals surface area contributed by atoms with Crippen molar-refractivity contribution >= 4 is 0 Å². The molecule has 0 bridgehead atoms. The molecule has 1 rings (SSSR count). The van der Waals surface area contributed by atoms with Gasteiger partial charge in [-0.1, -0.05) is 38.1 Å². The van der Waals surface area contributed by atoms with Crippen molar-refractivity contribution in [2.24, 2.45) is 11.7 Å². The predicted octanol–water partition coefficient (Wildman–Crippen LogP) is 4.31. The summed E-state index contributed by atoms with van der Waals surface area (Å²) in [6.07, 6.45) is 0.403. The summed E-state index contributed by atoms with van der Waals surface area (Å²) in [6, 6.07) is 4.61. The third kappa shape index (κ3) is 4.53. The van der Waals surface area contributed by atoms with Crippen molar-refractivity contribution in [2.75, 3.05) is 0 Å². The Labute approximate surface area is 105 Å². The summed E-state index contributed by atoms with van der Waals surface area (Å²) in [5.41, 5.74) is 5.91. The Kier molecular flexibility index (Phi) is 4.96. The summed E-state index contributed by atoms with van der Waals surface area (Å²) in [7, 11) is 0. The van der Waals surface area contributed by atoms with Gasteiger partial charge in [-0.2, -0.15) is 13.2 Å². The number of halogens is 3. The van der Waals surface area contributed by atoms with Gasteiger partial charge in [0.05, 0.1) is 5.56 Å². The van der Waals surface area contributed by atoms with Crippen LogP contribution in [0.1, 0.15) is 37.4 Å². The van der Waals surface area contributed by atoms with Gasteiger partial charge in [-0.3, -0.25) is 0 Å². The lowest BCUT2D eigenvalue weighted by Crippen LogP contribution is -2.09. The zero-order valence-electron chi connectivity index (χ0n) is 10.5. The SMILES string of the molecule is CC(C)C/C=C/C(N)c1ccc(C(F)(F)F)cc1. The Hall–Kier alpha value is -1.29. The first-order valence-electron chi connectivity index (χ1n) is 5.90. The van der Waals surface area contributed by atoms with E-state index in [1.165, 1.54) is 12.1 Å². The third-order valence-electron chi connectivity index (χ3n) is 2.57. The number of nitrogens with two attached hydrogens (primary N) is 1. The fraction of sp³-hybridized carbons (Fsp3) is 0.429. The summed E-state index contributed by atoms with van der Waals surface area (Å²) in [6.45, 7) is 4.18. The van der Waals surface area contributed by atoms with Crippen LogP contribution >= 0.6 is 0 Å². The van der Waals surface area contributed by atoms with Gasteiger partial charge in [-0.25, -0.2) is 0 Å². The summed E-state index contributed by atoms with van der Waals surface area (Å²) in [4.78, 5) is 0. The number of hydrogen-bond acceptors (Lipinski definition) is 1. The van der Waals surface area contributed by atoms with E-state index in [1.807, 2.05) is 12.2 Å². The Bertz CT molecular complexity index is 390. The molecular weight excluding hydrogens is 239 g/mol. The van der Waals surface area contributed by atoms with Gasteiger partial charge in [0.1, 0.15) is 0 Å². The molecular formula is C14H18F3N. The molecule has 100 valence electrons. The number of hydrogen-bond donors (Lipinski definition) is 1. The lowest BCUT2D eigenvalue weighted by Gasteiger charge is -2.10. The minimum atomic E-state index is -4.30. The minimum Gasteiger partial charge on any atom is -0.321 e. The van der Waals surface area contributed by atoms with Crippen LogP contribution in [0.25, 0.3) is 0 Å². The molecule has 1 unspecified atom stereocenters. The van der Waals surface area contributed by atoms with E-state index in [1.54, 1.807) is 0 Å². The van der Waals surface area contributed by atoms with E-state index in [-0.39, 0.29) is 6.04 Å². The minimum absolute atomic E-state index is 0.356. The molecule has 0 radical (unpaired) electrons. The van der Waals surface area contributed by atoms with Crippen LogP contribution in [0.3, 0.4) is 0 Å². The van der Waals surface area contributed by atoms with Crippen LogP contribution in [-0.4, -0.2) is 0 Å². The highest BCUT2D eigenvalue weighted by Crippen LogP contribution is 2.29. The molecule has 0 heterocycles. The summed E-state index contributed by atoms with van der Waals surface area (Å²) in [5, 5.41) is 0. The van der Waals surface area contributed by atoms with Crippen LogP contribution < -0.4 is 5.73 Å². The highest BCUT2D eigenvalue weighted by Gasteiger charge is 2.29. The van der Waals surface area contributed by atoms with Gasteiger partial charge in [-0.05, 0) is 30.0 Å². The maximum absolute atomic E-state index is 12.4. The van der Waals surface area contributed by atoms with E-state index in [0.717, 1.165) is 18.6 Å². The van der Waals surface area contributed by atoms with Crippen molar-refractivity contribution in [3.05, 3.63) is 47.5 Å². The topological polar surface area (TPSA) is 26.0 Å². The summed E-state index contributed by atoms with van der Waals surface area (Å²) >= 11 is 0. The van der Waals surface area contributed by atoms with Crippen molar-refractivity contribution in [3.8, 4) is 0 Å². The first-order valence-corrected chi connectivity index (χ1v) is 5.90. The molecule has 0 aliphatic heterocycles. The second kappa shape index (κ2) is 6.05. The molecule has 0 saturated heterocycles. The summed E-state index contributed by atoms with van der Waals surface area (Å²) < 4.78 is 37.1. The molecule has 0 aliphatic carbocycles. The molecule has 2 N–H and O–H groups in total. The van der Waals surface area contributed by atoms with Crippen molar-refractivity contribution in [1.29, 1.82) is 0 Å². The first kappa shape index (κ1) is 14.8. The number of benzene rings is 1. The molecule has 0 aromatic heterocycles. The van der Waals surface area contributed by atoms with E-state index < -0.39 is 11.7 Å². The van der Waals surface area contributed by atoms with Gasteiger partial charge in [0.25, 0.3) is 0 Å². The zero-order valence-corrected chi connectivity index (χ0v) is 10.5. The molecule has 0 spiro atoms. The van der Waals surface area contributed by atoms with Crippen LogP contribution in [0.15, 0.2) is 36.4 Å². The largest absolute Gasteiger partial charge is 0.416 e. The third-order valence-corrected chi connectivity index (χ3v) is 2.57.